The van der Waals surface area contributed by atoms with Crippen molar-refractivity contribution in [3.05, 3.63) is 94.8 Å². The normalized spacial score (nSPS) is 15.1. The molecule has 1 atom stereocenters. The van der Waals surface area contributed by atoms with Gasteiger partial charge in [0.2, 0.25) is 11.9 Å². The fourth-order valence-electron chi connectivity index (χ4n) is 4.25. The summed E-state index contributed by atoms with van der Waals surface area (Å²) in [7, 11) is -1.05. The molecule has 1 amide bonds. The summed E-state index contributed by atoms with van der Waals surface area (Å²) in [5.74, 6) is -0.205. The Labute approximate surface area is 198 Å². The first-order valence-corrected chi connectivity index (χ1v) is 12.3. The molecule has 0 aliphatic heterocycles. The van der Waals surface area contributed by atoms with E-state index in [1.807, 2.05) is 61.5 Å². The van der Waals surface area contributed by atoms with Gasteiger partial charge in [0.25, 0.3) is 0 Å². The molecule has 1 unspecified atom stereocenters. The van der Waals surface area contributed by atoms with E-state index >= 15 is 0 Å². The van der Waals surface area contributed by atoms with Gasteiger partial charge in [0.1, 0.15) is 5.82 Å². The van der Waals surface area contributed by atoms with Gasteiger partial charge in [-0.15, -0.1) is 0 Å². The fraction of sp³-hybridized carbons (Fsp3) is 0.111. The van der Waals surface area contributed by atoms with E-state index in [0.717, 1.165) is 49.3 Å². The van der Waals surface area contributed by atoms with E-state index in [0.29, 0.717) is 5.95 Å². The zero-order chi connectivity index (χ0) is 23.8. The third-order valence-corrected chi connectivity index (χ3v) is 6.90. The topological polar surface area (TPSA) is 74.8 Å². The largest absolute Gasteiger partial charge is 0.324 e. The number of imidazole rings is 1. The van der Waals surface area contributed by atoms with Crippen LogP contribution in [0.15, 0.2) is 77.2 Å². The summed E-state index contributed by atoms with van der Waals surface area (Å²) >= 11 is 0. The van der Waals surface area contributed by atoms with Crippen LogP contribution in [0.25, 0.3) is 28.3 Å². The second-order valence-corrected chi connectivity index (χ2v) is 9.58. The zero-order valence-electron chi connectivity index (χ0n) is 18.7. The molecule has 2 N–H and O–H groups in total. The number of anilines is 1. The fourth-order valence-corrected chi connectivity index (χ4v) is 4.77. The third-order valence-electron chi connectivity index (χ3n) is 5.96. The molecule has 1 aliphatic rings. The average Bonchev–Trinajstić information content (AvgIpc) is 3.33. The Morgan fingerprint density at radius 3 is 2.59 bits per heavy atom. The number of allylic oxidation sites excluding steroid dienone is 2. The molecule has 5 nitrogen and oxygen atoms in total. The van der Waals surface area contributed by atoms with Crippen molar-refractivity contribution in [3.63, 3.8) is 0 Å². The van der Waals surface area contributed by atoms with E-state index in [9.17, 15) is 13.4 Å². The Morgan fingerprint density at radius 1 is 1.09 bits per heavy atom. The Bertz CT molecular complexity index is 1480. The number of rotatable bonds is 5. The molecule has 4 aromatic rings. The smallest absolute Gasteiger partial charge is 0.231 e. The number of carbonyl (C=O) groups excluding carboxylic acids is 1. The number of benzene rings is 3. The number of nitrogens with zero attached hydrogens (tertiary/aromatic N) is 1. The molecule has 0 bridgehead atoms. The van der Waals surface area contributed by atoms with Gasteiger partial charge in [-0.05, 0) is 82.8 Å². The van der Waals surface area contributed by atoms with Gasteiger partial charge < -0.3 is 4.98 Å². The first-order valence-electron chi connectivity index (χ1n) is 10.8. The zero-order valence-corrected chi connectivity index (χ0v) is 19.5. The molecule has 170 valence electrons. The predicted molar refractivity (Wildman–Crippen MR) is 135 cm³/mol. The van der Waals surface area contributed by atoms with E-state index in [1.165, 1.54) is 12.1 Å². The van der Waals surface area contributed by atoms with Gasteiger partial charge in [-0.1, -0.05) is 30.3 Å². The second-order valence-electron chi connectivity index (χ2n) is 8.20. The van der Waals surface area contributed by atoms with E-state index in [1.54, 1.807) is 12.3 Å². The number of hydrogen-bond acceptors (Lipinski definition) is 3. The van der Waals surface area contributed by atoms with Crippen LogP contribution >= 0.6 is 0 Å². The van der Waals surface area contributed by atoms with Gasteiger partial charge in [0, 0.05) is 22.0 Å². The molecule has 34 heavy (non-hydrogen) atoms. The molecular formula is C27H22FN3O2S. The molecule has 0 saturated heterocycles. The SMILES string of the molecule is CC1=C(CC(=O)Nc2nc3ccccc3[nH]2)c2cc(F)ccc2C1=Cc1ccc(S(C)=O)cc1. The molecule has 1 heterocycles. The van der Waals surface area contributed by atoms with Crippen LogP contribution in [0.4, 0.5) is 10.3 Å². The summed E-state index contributed by atoms with van der Waals surface area (Å²) in [5.41, 5.74) is 6.78. The van der Waals surface area contributed by atoms with Gasteiger partial charge in [-0.3, -0.25) is 14.3 Å². The number of halogens is 1. The van der Waals surface area contributed by atoms with Crippen molar-refractivity contribution in [1.82, 2.24) is 9.97 Å². The number of nitrogens with one attached hydrogen (secondary N) is 2. The van der Waals surface area contributed by atoms with E-state index in [4.69, 9.17) is 0 Å². The van der Waals surface area contributed by atoms with Crippen molar-refractivity contribution in [1.29, 1.82) is 0 Å². The number of H-pyrrole nitrogens is 1. The minimum atomic E-state index is -1.05. The molecular weight excluding hydrogens is 449 g/mol. The highest BCUT2D eigenvalue weighted by Gasteiger charge is 2.26. The lowest BCUT2D eigenvalue weighted by Gasteiger charge is -2.06. The number of hydrogen-bond donors (Lipinski definition) is 2. The highest BCUT2D eigenvalue weighted by atomic mass is 32.2. The summed E-state index contributed by atoms with van der Waals surface area (Å²) in [4.78, 5) is 21.2. The van der Waals surface area contributed by atoms with Gasteiger partial charge in [-0.25, -0.2) is 9.37 Å². The van der Waals surface area contributed by atoms with Crippen LogP contribution in [0, 0.1) is 5.82 Å². The average molecular weight is 472 g/mol. The lowest BCUT2D eigenvalue weighted by atomic mass is 10.0. The maximum Gasteiger partial charge on any atom is 0.231 e. The maximum absolute atomic E-state index is 14.2. The van der Waals surface area contributed by atoms with Gasteiger partial charge in [0.05, 0.1) is 17.5 Å². The van der Waals surface area contributed by atoms with E-state index < -0.39 is 10.8 Å². The second kappa shape index (κ2) is 8.83. The molecule has 3 aromatic carbocycles. The molecule has 0 saturated carbocycles. The lowest BCUT2D eigenvalue weighted by Crippen LogP contribution is -2.13. The number of carbonyl (C=O) groups is 1. The van der Waals surface area contributed by atoms with Crippen LogP contribution < -0.4 is 5.32 Å². The van der Waals surface area contributed by atoms with Gasteiger partial charge >= 0.3 is 0 Å². The summed E-state index contributed by atoms with van der Waals surface area (Å²) in [6.45, 7) is 1.95. The minimum absolute atomic E-state index is 0.0877. The number of fused-ring (bicyclic) bond motifs is 2. The van der Waals surface area contributed by atoms with Crippen molar-refractivity contribution in [2.45, 2.75) is 18.2 Å². The van der Waals surface area contributed by atoms with Crippen molar-refractivity contribution < 1.29 is 13.4 Å². The van der Waals surface area contributed by atoms with Crippen LogP contribution in [0.5, 0.6) is 0 Å². The molecule has 0 spiro atoms. The molecule has 0 fully saturated rings. The molecule has 1 aromatic heterocycles. The molecule has 0 radical (unpaired) electrons. The van der Waals surface area contributed by atoms with Crippen LogP contribution in [0.1, 0.15) is 30.0 Å². The molecule has 7 heteroatoms. The quantitative estimate of drug-likeness (QED) is 0.387. The third kappa shape index (κ3) is 4.22. The number of amides is 1. The van der Waals surface area contributed by atoms with Crippen LogP contribution in [-0.4, -0.2) is 26.3 Å². The first kappa shape index (κ1) is 22.0. The summed E-state index contributed by atoms with van der Waals surface area (Å²) in [6, 6.07) is 19.7. The van der Waals surface area contributed by atoms with Crippen molar-refractivity contribution >= 4 is 50.9 Å². The number of aromatic nitrogens is 2. The number of aromatic amines is 1. The standard InChI is InChI=1S/C27H22FN3O2S/c1-16-21(13-17-7-10-19(11-8-17)34(2)33)20-12-9-18(28)14-23(20)22(16)15-26(32)31-27-29-24-5-3-4-6-25(24)30-27/h3-14H,15H2,1-2H3,(H2,29,30,31,32). The summed E-state index contributed by atoms with van der Waals surface area (Å²) in [6.07, 6.45) is 3.74. The minimum Gasteiger partial charge on any atom is -0.324 e. The van der Waals surface area contributed by atoms with E-state index in [2.05, 4.69) is 15.3 Å². The predicted octanol–water partition coefficient (Wildman–Crippen LogP) is 5.80. The highest BCUT2D eigenvalue weighted by Crippen LogP contribution is 2.44. The van der Waals surface area contributed by atoms with Crippen LogP contribution in [0.3, 0.4) is 0 Å². The number of para-hydroxylation sites is 2. The van der Waals surface area contributed by atoms with Crippen molar-refractivity contribution in [2.24, 2.45) is 0 Å². The maximum atomic E-state index is 14.2. The van der Waals surface area contributed by atoms with Crippen LogP contribution in [-0.2, 0) is 15.6 Å². The first-order chi connectivity index (χ1) is 16.4. The van der Waals surface area contributed by atoms with E-state index in [-0.39, 0.29) is 18.1 Å². The Hall–Kier alpha value is -3.84. The summed E-state index contributed by atoms with van der Waals surface area (Å²) < 4.78 is 25.8. The van der Waals surface area contributed by atoms with Gasteiger partial charge in [0.15, 0.2) is 0 Å². The summed E-state index contributed by atoms with van der Waals surface area (Å²) in [5, 5.41) is 2.82. The van der Waals surface area contributed by atoms with Crippen molar-refractivity contribution in [3.8, 4) is 0 Å². The highest BCUT2D eigenvalue weighted by molar-refractivity contribution is 7.84. The Morgan fingerprint density at radius 2 is 1.85 bits per heavy atom. The molecule has 1 aliphatic carbocycles. The lowest BCUT2D eigenvalue weighted by molar-refractivity contribution is -0.115. The van der Waals surface area contributed by atoms with Gasteiger partial charge in [-0.2, -0.15) is 0 Å². The Balaban J connectivity index is 1.46. The van der Waals surface area contributed by atoms with Crippen LogP contribution in [0.2, 0.25) is 0 Å². The van der Waals surface area contributed by atoms with Crippen molar-refractivity contribution in [2.75, 3.05) is 11.6 Å². The Kier molecular flexibility index (Phi) is 5.71. The molecule has 5 rings (SSSR count). The monoisotopic (exact) mass is 471 g/mol.